The minimum absolute atomic E-state index is 0.343. The molecule has 1 aromatic rings. The van der Waals surface area contributed by atoms with Crippen LogP contribution in [-0.4, -0.2) is 28.9 Å². The first kappa shape index (κ1) is 25.6. The minimum atomic E-state index is 0.343. The van der Waals surface area contributed by atoms with Gasteiger partial charge in [0.2, 0.25) is 0 Å². The summed E-state index contributed by atoms with van der Waals surface area (Å²) in [4.78, 5) is 14.1. The number of nitrogens with zero attached hydrogens (tertiary/aromatic N) is 5. The molecule has 1 aromatic heterocycles. The van der Waals surface area contributed by atoms with Crippen LogP contribution in [0.25, 0.3) is 11.6 Å². The van der Waals surface area contributed by atoms with Crippen molar-refractivity contribution in [2.75, 3.05) is 13.1 Å². The number of nitrogens with one attached hydrogen (secondary N) is 1. The van der Waals surface area contributed by atoms with E-state index in [2.05, 4.69) is 47.6 Å². The summed E-state index contributed by atoms with van der Waals surface area (Å²) in [5.74, 6) is 2.27. The molecule has 2 unspecified atom stereocenters. The molecule has 0 radical (unpaired) electrons. The molecule has 1 fully saturated rings. The van der Waals surface area contributed by atoms with Crippen molar-refractivity contribution in [3.05, 3.63) is 35.4 Å². The van der Waals surface area contributed by atoms with Gasteiger partial charge >= 0.3 is 0 Å². The van der Waals surface area contributed by atoms with Gasteiger partial charge in [-0.1, -0.05) is 57.3 Å². The molecule has 2 heterocycles. The molecule has 6 nitrogen and oxygen atoms in total. The Morgan fingerprint density at radius 2 is 2.00 bits per heavy atom. The first-order valence-corrected chi connectivity index (χ1v) is 12.9. The van der Waals surface area contributed by atoms with Crippen LogP contribution in [0.3, 0.4) is 0 Å². The Bertz CT molecular complexity index is 972. The van der Waals surface area contributed by atoms with E-state index >= 15 is 0 Å². The van der Waals surface area contributed by atoms with Crippen molar-refractivity contribution in [3.63, 3.8) is 0 Å². The molecule has 3 rings (SSSR count). The Morgan fingerprint density at radius 1 is 1.18 bits per heavy atom. The molecule has 2 atom stereocenters. The maximum Gasteiger partial charge on any atom is 0.130 e. The van der Waals surface area contributed by atoms with Gasteiger partial charge in [-0.2, -0.15) is 10.5 Å². The number of rotatable bonds is 10. The first-order valence-electron chi connectivity index (χ1n) is 12.9. The lowest BCUT2D eigenvalue weighted by atomic mass is 9.80. The zero-order valence-electron chi connectivity index (χ0n) is 20.8. The molecule has 6 heteroatoms. The molecule has 0 bridgehead atoms. The van der Waals surface area contributed by atoms with E-state index in [-0.39, 0.29) is 0 Å². The van der Waals surface area contributed by atoms with Crippen LogP contribution in [0.1, 0.15) is 88.1 Å². The van der Waals surface area contributed by atoms with Crippen LogP contribution in [-0.2, 0) is 0 Å². The predicted octanol–water partition coefficient (Wildman–Crippen LogP) is 6.01. The number of amidine groups is 1. The average Bonchev–Trinajstić information content (AvgIpc) is 3.30. The number of nitriles is 2. The lowest BCUT2D eigenvalue weighted by molar-refractivity contribution is 0.289. The summed E-state index contributed by atoms with van der Waals surface area (Å²) in [5, 5.41) is 21.9. The Labute approximate surface area is 204 Å². The van der Waals surface area contributed by atoms with Gasteiger partial charge in [-0.25, -0.2) is 9.97 Å². The lowest BCUT2D eigenvalue weighted by Gasteiger charge is -2.24. The number of hydrogen-bond acceptors (Lipinski definition) is 6. The van der Waals surface area contributed by atoms with Crippen LogP contribution in [0, 0.1) is 47.3 Å². The van der Waals surface area contributed by atoms with E-state index in [0.29, 0.717) is 37.1 Å². The number of aryl methyl sites for hydroxylation is 1. The van der Waals surface area contributed by atoms with E-state index in [1.807, 2.05) is 6.92 Å². The Hall–Kier alpha value is -2.99. The second kappa shape index (κ2) is 13.7. The molecule has 0 amide bonds. The Kier molecular flexibility index (Phi) is 10.3. The van der Waals surface area contributed by atoms with Crippen molar-refractivity contribution in [2.45, 2.75) is 78.1 Å². The van der Waals surface area contributed by atoms with Gasteiger partial charge in [0, 0.05) is 36.3 Å². The molecule has 1 saturated carbocycles. The maximum atomic E-state index is 9.50. The van der Waals surface area contributed by atoms with Gasteiger partial charge < -0.3 is 5.32 Å². The number of allylic oxidation sites excluding steroid dienone is 2. The fourth-order valence-electron chi connectivity index (χ4n) is 5.23. The summed E-state index contributed by atoms with van der Waals surface area (Å²) >= 11 is 0. The molecule has 1 aliphatic heterocycles. The summed E-state index contributed by atoms with van der Waals surface area (Å²) in [7, 11) is 0. The standard InChI is InChI=1S/C28H38N6/c1-3-4-5-11-25-21(2)33-20-34-27(25)26-19-22(13-17-32-28(26)31-16-8-14-29)18-24(12-15-30)23-9-6-7-10-23/h5,11,19-20,22-24H,3-4,6-10,12-13,16-18H2,1-2H3,(H,31,32)/b11-5-. The van der Waals surface area contributed by atoms with Crippen molar-refractivity contribution in [2.24, 2.45) is 22.7 Å². The fourth-order valence-corrected chi connectivity index (χ4v) is 5.23. The van der Waals surface area contributed by atoms with Crippen molar-refractivity contribution >= 4 is 17.5 Å². The highest BCUT2D eigenvalue weighted by molar-refractivity contribution is 6.23. The molecule has 0 spiro atoms. The topological polar surface area (TPSA) is 97.8 Å². The van der Waals surface area contributed by atoms with E-state index in [1.165, 1.54) is 25.7 Å². The lowest BCUT2D eigenvalue weighted by Crippen LogP contribution is -2.26. The average molecular weight is 459 g/mol. The van der Waals surface area contributed by atoms with Crippen LogP contribution >= 0.6 is 0 Å². The molecular weight excluding hydrogens is 420 g/mol. The van der Waals surface area contributed by atoms with Crippen molar-refractivity contribution in [1.82, 2.24) is 15.3 Å². The van der Waals surface area contributed by atoms with E-state index in [1.54, 1.807) is 6.33 Å². The van der Waals surface area contributed by atoms with E-state index in [4.69, 9.17) is 15.2 Å². The third-order valence-corrected chi connectivity index (χ3v) is 7.06. The monoisotopic (exact) mass is 458 g/mol. The van der Waals surface area contributed by atoms with Gasteiger partial charge in [0.25, 0.3) is 0 Å². The molecule has 0 aromatic carbocycles. The quantitative estimate of drug-likeness (QED) is 0.433. The number of aliphatic imine (C=N–C) groups is 1. The molecule has 34 heavy (non-hydrogen) atoms. The summed E-state index contributed by atoms with van der Waals surface area (Å²) in [6, 6.07) is 4.67. The van der Waals surface area contributed by atoms with Gasteiger partial charge in [-0.3, -0.25) is 4.99 Å². The van der Waals surface area contributed by atoms with Gasteiger partial charge in [-0.15, -0.1) is 0 Å². The van der Waals surface area contributed by atoms with E-state index in [9.17, 15) is 5.26 Å². The summed E-state index contributed by atoms with van der Waals surface area (Å²) in [6.45, 7) is 5.48. The highest BCUT2D eigenvalue weighted by Crippen LogP contribution is 2.38. The second-order valence-electron chi connectivity index (χ2n) is 9.51. The van der Waals surface area contributed by atoms with Gasteiger partial charge in [0.05, 0.1) is 24.3 Å². The van der Waals surface area contributed by atoms with Gasteiger partial charge in [-0.05, 0) is 43.9 Å². The smallest absolute Gasteiger partial charge is 0.130 e. The Balaban J connectivity index is 1.97. The fraction of sp³-hybridized carbons (Fsp3) is 0.607. The molecule has 180 valence electrons. The number of unbranched alkanes of at least 4 members (excludes halogenated alkanes) is 1. The van der Waals surface area contributed by atoms with Crippen LogP contribution < -0.4 is 5.32 Å². The molecule has 0 saturated heterocycles. The third-order valence-electron chi connectivity index (χ3n) is 7.06. The van der Waals surface area contributed by atoms with Crippen LogP contribution in [0.15, 0.2) is 23.5 Å². The van der Waals surface area contributed by atoms with Crippen LogP contribution in [0.5, 0.6) is 0 Å². The van der Waals surface area contributed by atoms with Gasteiger partial charge in [0.1, 0.15) is 12.2 Å². The zero-order valence-corrected chi connectivity index (χ0v) is 20.8. The Morgan fingerprint density at radius 3 is 2.74 bits per heavy atom. The number of aromatic nitrogens is 2. The largest absolute Gasteiger partial charge is 0.369 e. The molecular formula is C28H38N6. The summed E-state index contributed by atoms with van der Waals surface area (Å²) in [5.41, 5.74) is 3.88. The summed E-state index contributed by atoms with van der Waals surface area (Å²) in [6.07, 6.45) is 18.5. The summed E-state index contributed by atoms with van der Waals surface area (Å²) < 4.78 is 0. The molecule has 2 aliphatic rings. The second-order valence-corrected chi connectivity index (χ2v) is 9.51. The molecule has 1 aliphatic carbocycles. The van der Waals surface area contributed by atoms with Crippen LogP contribution in [0.2, 0.25) is 0 Å². The molecule has 1 N–H and O–H groups in total. The predicted molar refractivity (Wildman–Crippen MR) is 138 cm³/mol. The first-order chi connectivity index (χ1) is 16.7. The number of hydrogen-bond donors (Lipinski definition) is 1. The minimum Gasteiger partial charge on any atom is -0.369 e. The highest BCUT2D eigenvalue weighted by atomic mass is 15.0. The van der Waals surface area contributed by atoms with E-state index in [0.717, 1.165) is 60.6 Å². The van der Waals surface area contributed by atoms with Crippen LogP contribution in [0.4, 0.5) is 0 Å². The van der Waals surface area contributed by atoms with Crippen molar-refractivity contribution in [1.29, 1.82) is 10.5 Å². The third kappa shape index (κ3) is 7.00. The SMILES string of the molecule is CCC/C=C\c1c(C)ncnc1C1=CC(CC(CC#N)C2CCCC2)CCN=C1NCCC#N. The normalized spacial score (nSPS) is 19.7. The zero-order chi connectivity index (χ0) is 24.2. The van der Waals surface area contributed by atoms with Gasteiger partial charge in [0.15, 0.2) is 0 Å². The van der Waals surface area contributed by atoms with E-state index < -0.39 is 0 Å². The van der Waals surface area contributed by atoms with Crippen molar-refractivity contribution in [3.8, 4) is 12.1 Å². The highest BCUT2D eigenvalue weighted by Gasteiger charge is 2.28. The van der Waals surface area contributed by atoms with Crippen molar-refractivity contribution < 1.29 is 0 Å². The maximum absolute atomic E-state index is 9.50.